The summed E-state index contributed by atoms with van der Waals surface area (Å²) in [6.07, 6.45) is 4.52. The molecule has 1 fully saturated rings. The lowest BCUT2D eigenvalue weighted by Crippen LogP contribution is -2.36. The number of thioether (sulfide) groups is 1. The molecular formula is C20H27N5O2S. The van der Waals surface area contributed by atoms with Gasteiger partial charge in [-0.2, -0.15) is 0 Å². The average Bonchev–Trinajstić information content (AvgIpc) is 2.95. The highest BCUT2D eigenvalue weighted by molar-refractivity contribution is 8.00. The first-order chi connectivity index (χ1) is 13.7. The van der Waals surface area contributed by atoms with Crippen LogP contribution < -0.4 is 10.2 Å². The fourth-order valence-electron chi connectivity index (χ4n) is 3.58. The molecule has 0 aliphatic carbocycles. The predicted octanol–water partition coefficient (Wildman–Crippen LogP) is 2.96. The second kappa shape index (κ2) is 8.96. The Morgan fingerprint density at radius 2 is 1.89 bits per heavy atom. The van der Waals surface area contributed by atoms with E-state index in [1.54, 1.807) is 0 Å². The Morgan fingerprint density at radius 1 is 1.11 bits per heavy atom. The zero-order chi connectivity index (χ0) is 19.3. The molecule has 1 aromatic heterocycles. The molecule has 0 bridgehead atoms. The fraction of sp³-hybridized carbons (Fsp3) is 0.550. The van der Waals surface area contributed by atoms with Gasteiger partial charge < -0.3 is 19.5 Å². The Labute approximate surface area is 169 Å². The number of amides is 1. The van der Waals surface area contributed by atoms with Crippen molar-refractivity contribution < 1.29 is 9.53 Å². The molecule has 1 N–H and O–H groups in total. The van der Waals surface area contributed by atoms with Gasteiger partial charge in [0.25, 0.3) is 0 Å². The van der Waals surface area contributed by atoms with Crippen molar-refractivity contribution in [3.05, 3.63) is 30.1 Å². The number of hydrogen-bond acceptors (Lipinski definition) is 6. The topological polar surface area (TPSA) is 72.3 Å². The SMILES string of the molecule is CC(Sc1nnc2n1CCCCC2)C(=O)Nc1ccc(N2CCOCC2)cc1. The Hall–Kier alpha value is -2.06. The van der Waals surface area contributed by atoms with Gasteiger partial charge in [0.15, 0.2) is 5.16 Å². The lowest BCUT2D eigenvalue weighted by atomic mass is 10.2. The zero-order valence-electron chi connectivity index (χ0n) is 16.3. The van der Waals surface area contributed by atoms with Gasteiger partial charge in [-0.25, -0.2) is 0 Å². The smallest absolute Gasteiger partial charge is 0.237 e. The van der Waals surface area contributed by atoms with Crippen LogP contribution in [0.15, 0.2) is 29.4 Å². The normalized spacial score (nSPS) is 18.2. The van der Waals surface area contributed by atoms with E-state index < -0.39 is 0 Å². The van der Waals surface area contributed by atoms with Crippen LogP contribution in [0.2, 0.25) is 0 Å². The van der Waals surface area contributed by atoms with Crippen molar-refractivity contribution in [2.24, 2.45) is 0 Å². The molecule has 1 amide bonds. The molecule has 1 unspecified atom stereocenters. The highest BCUT2D eigenvalue weighted by Gasteiger charge is 2.21. The van der Waals surface area contributed by atoms with Crippen molar-refractivity contribution in [2.45, 2.75) is 49.6 Å². The molecule has 1 atom stereocenters. The summed E-state index contributed by atoms with van der Waals surface area (Å²) in [5.74, 6) is 1.03. The molecule has 1 saturated heterocycles. The molecule has 3 heterocycles. The number of anilines is 2. The van der Waals surface area contributed by atoms with Gasteiger partial charge >= 0.3 is 0 Å². The van der Waals surface area contributed by atoms with Gasteiger partial charge in [-0.15, -0.1) is 10.2 Å². The lowest BCUT2D eigenvalue weighted by Gasteiger charge is -2.28. The molecule has 0 spiro atoms. The van der Waals surface area contributed by atoms with Gasteiger partial charge in [-0.1, -0.05) is 18.2 Å². The number of benzene rings is 1. The van der Waals surface area contributed by atoms with Gasteiger partial charge in [0, 0.05) is 37.4 Å². The zero-order valence-corrected chi connectivity index (χ0v) is 17.1. The van der Waals surface area contributed by atoms with E-state index in [2.05, 4.69) is 37.1 Å². The molecule has 8 heteroatoms. The number of morpholine rings is 1. The Balaban J connectivity index is 1.35. The van der Waals surface area contributed by atoms with Gasteiger partial charge in [0.1, 0.15) is 5.82 Å². The number of nitrogens with zero attached hydrogens (tertiary/aromatic N) is 4. The van der Waals surface area contributed by atoms with E-state index in [0.29, 0.717) is 0 Å². The van der Waals surface area contributed by atoms with E-state index in [1.165, 1.54) is 24.6 Å². The third-order valence-corrected chi connectivity index (χ3v) is 6.32. The third kappa shape index (κ3) is 4.50. The van der Waals surface area contributed by atoms with Crippen LogP contribution in [-0.4, -0.2) is 52.2 Å². The molecule has 1 aromatic carbocycles. The molecule has 150 valence electrons. The molecule has 2 aliphatic rings. The summed E-state index contributed by atoms with van der Waals surface area (Å²) in [7, 11) is 0. The van der Waals surface area contributed by atoms with E-state index in [-0.39, 0.29) is 11.2 Å². The van der Waals surface area contributed by atoms with E-state index in [0.717, 1.165) is 68.0 Å². The van der Waals surface area contributed by atoms with Crippen LogP contribution in [0.5, 0.6) is 0 Å². The van der Waals surface area contributed by atoms with Crippen LogP contribution in [0.25, 0.3) is 0 Å². The highest BCUT2D eigenvalue weighted by atomic mass is 32.2. The summed E-state index contributed by atoms with van der Waals surface area (Å²) in [6.45, 7) is 6.20. The average molecular weight is 402 g/mol. The molecule has 2 aliphatic heterocycles. The second-order valence-corrected chi connectivity index (χ2v) is 8.56. The molecule has 0 radical (unpaired) electrons. The Bertz CT molecular complexity index is 801. The first kappa shape index (κ1) is 19.3. The van der Waals surface area contributed by atoms with Gasteiger partial charge in [-0.3, -0.25) is 4.79 Å². The van der Waals surface area contributed by atoms with Crippen molar-refractivity contribution in [1.29, 1.82) is 0 Å². The minimum Gasteiger partial charge on any atom is -0.378 e. The first-order valence-corrected chi connectivity index (χ1v) is 10.9. The summed E-state index contributed by atoms with van der Waals surface area (Å²) in [6, 6.07) is 8.03. The molecule has 28 heavy (non-hydrogen) atoms. The number of fused-ring (bicyclic) bond motifs is 1. The van der Waals surface area contributed by atoms with Crippen LogP contribution >= 0.6 is 11.8 Å². The van der Waals surface area contributed by atoms with E-state index >= 15 is 0 Å². The quantitative estimate of drug-likeness (QED) is 0.777. The van der Waals surface area contributed by atoms with Crippen molar-refractivity contribution in [1.82, 2.24) is 14.8 Å². The summed E-state index contributed by atoms with van der Waals surface area (Å²) in [5.41, 5.74) is 1.98. The number of aromatic nitrogens is 3. The number of aryl methyl sites for hydroxylation is 1. The molecule has 7 nitrogen and oxygen atoms in total. The third-order valence-electron chi connectivity index (χ3n) is 5.24. The summed E-state index contributed by atoms with van der Waals surface area (Å²) in [4.78, 5) is 14.9. The van der Waals surface area contributed by atoms with Crippen LogP contribution in [0.3, 0.4) is 0 Å². The van der Waals surface area contributed by atoms with Crippen molar-refractivity contribution in [3.8, 4) is 0 Å². The standard InChI is InChI=1S/C20H27N5O2S/c1-15(28-20-23-22-18-5-3-2-4-10-25(18)20)19(26)21-16-6-8-17(9-7-16)24-11-13-27-14-12-24/h6-9,15H,2-5,10-14H2,1H3,(H,21,26). The maximum atomic E-state index is 12.6. The number of carbonyl (C=O) groups is 1. The number of ether oxygens (including phenoxy) is 1. The minimum atomic E-state index is -0.240. The molecule has 0 saturated carbocycles. The number of rotatable bonds is 5. The van der Waals surface area contributed by atoms with Crippen molar-refractivity contribution in [2.75, 3.05) is 36.5 Å². The largest absolute Gasteiger partial charge is 0.378 e. The first-order valence-electron chi connectivity index (χ1n) is 10.0. The van der Waals surface area contributed by atoms with Gasteiger partial charge in [0.05, 0.1) is 18.5 Å². The van der Waals surface area contributed by atoms with E-state index in [4.69, 9.17) is 4.74 Å². The second-order valence-electron chi connectivity index (χ2n) is 7.26. The maximum Gasteiger partial charge on any atom is 0.237 e. The Morgan fingerprint density at radius 3 is 2.68 bits per heavy atom. The van der Waals surface area contributed by atoms with Crippen LogP contribution in [0.4, 0.5) is 11.4 Å². The van der Waals surface area contributed by atoms with E-state index in [1.807, 2.05) is 19.1 Å². The predicted molar refractivity (Wildman–Crippen MR) is 111 cm³/mol. The molecule has 2 aromatic rings. The van der Waals surface area contributed by atoms with Crippen molar-refractivity contribution in [3.63, 3.8) is 0 Å². The van der Waals surface area contributed by atoms with Crippen LogP contribution in [0, 0.1) is 0 Å². The molecular weight excluding hydrogens is 374 g/mol. The fourth-order valence-corrected chi connectivity index (χ4v) is 4.47. The van der Waals surface area contributed by atoms with Gasteiger partial charge in [0.2, 0.25) is 5.91 Å². The van der Waals surface area contributed by atoms with Gasteiger partial charge in [-0.05, 0) is 44.0 Å². The number of carbonyl (C=O) groups excluding carboxylic acids is 1. The molecule has 4 rings (SSSR count). The van der Waals surface area contributed by atoms with Crippen LogP contribution in [-0.2, 0) is 22.5 Å². The highest BCUT2D eigenvalue weighted by Crippen LogP contribution is 2.26. The van der Waals surface area contributed by atoms with Crippen LogP contribution in [0.1, 0.15) is 32.0 Å². The minimum absolute atomic E-state index is 0.0184. The summed E-state index contributed by atoms with van der Waals surface area (Å²) in [5, 5.41) is 12.3. The maximum absolute atomic E-state index is 12.6. The van der Waals surface area contributed by atoms with Crippen molar-refractivity contribution >= 4 is 29.0 Å². The Kier molecular flexibility index (Phi) is 6.17. The lowest BCUT2D eigenvalue weighted by molar-refractivity contribution is -0.115. The van der Waals surface area contributed by atoms with E-state index in [9.17, 15) is 4.79 Å². The number of hydrogen-bond donors (Lipinski definition) is 1. The monoisotopic (exact) mass is 401 g/mol. The summed E-state index contributed by atoms with van der Waals surface area (Å²) < 4.78 is 7.58. The number of nitrogens with one attached hydrogen (secondary N) is 1. The summed E-state index contributed by atoms with van der Waals surface area (Å²) >= 11 is 1.48.